The Kier molecular flexibility index (Phi) is 7.75. The molecule has 168 valence electrons. The molecule has 0 N–H and O–H groups in total. The van der Waals surface area contributed by atoms with Crippen LogP contribution in [0.2, 0.25) is 5.02 Å². The summed E-state index contributed by atoms with van der Waals surface area (Å²) in [4.78, 5) is 16.5. The number of aryl methyl sites for hydroxylation is 2. The molecule has 3 rings (SSSR count). The lowest BCUT2D eigenvalue weighted by Gasteiger charge is -2.36. The summed E-state index contributed by atoms with van der Waals surface area (Å²) in [5, 5.41) is 0.648. The molecule has 0 spiro atoms. The van der Waals surface area contributed by atoms with E-state index < -0.39 is 17.7 Å². The number of amides is 1. The van der Waals surface area contributed by atoms with Crippen molar-refractivity contribution in [3.05, 3.63) is 58.4 Å². The minimum absolute atomic E-state index is 0.0281. The van der Waals surface area contributed by atoms with Crippen molar-refractivity contribution in [2.75, 3.05) is 36.8 Å². The van der Waals surface area contributed by atoms with Crippen molar-refractivity contribution in [3.8, 4) is 0 Å². The Labute approximate surface area is 188 Å². The lowest BCUT2D eigenvalue weighted by Crippen LogP contribution is -2.49. The maximum atomic E-state index is 14.5. The Morgan fingerprint density at radius 2 is 1.74 bits per heavy atom. The molecule has 1 fully saturated rings. The number of rotatable bonds is 6. The molecule has 31 heavy (non-hydrogen) atoms. The van der Waals surface area contributed by atoms with E-state index in [2.05, 4.69) is 0 Å². The fourth-order valence-electron chi connectivity index (χ4n) is 3.46. The van der Waals surface area contributed by atoms with Crippen molar-refractivity contribution in [1.82, 2.24) is 4.90 Å². The van der Waals surface area contributed by atoms with Gasteiger partial charge in [0.1, 0.15) is 5.82 Å². The number of nitrogens with zero attached hydrogens (tertiary/aromatic N) is 2. The Morgan fingerprint density at radius 1 is 1.10 bits per heavy atom. The van der Waals surface area contributed by atoms with Gasteiger partial charge in [0.15, 0.2) is 0 Å². The smallest absolute Gasteiger partial charge is 0.366 e. The average molecular weight is 475 g/mol. The van der Waals surface area contributed by atoms with Gasteiger partial charge in [-0.1, -0.05) is 23.7 Å². The monoisotopic (exact) mass is 474 g/mol. The molecule has 0 bridgehead atoms. The van der Waals surface area contributed by atoms with Gasteiger partial charge in [-0.15, -0.1) is 11.8 Å². The van der Waals surface area contributed by atoms with Crippen LogP contribution in [0.1, 0.15) is 17.5 Å². The predicted molar refractivity (Wildman–Crippen MR) is 116 cm³/mol. The van der Waals surface area contributed by atoms with Crippen molar-refractivity contribution < 1.29 is 22.4 Å². The van der Waals surface area contributed by atoms with E-state index in [-0.39, 0.29) is 11.6 Å². The van der Waals surface area contributed by atoms with Gasteiger partial charge in [-0.2, -0.15) is 13.2 Å². The van der Waals surface area contributed by atoms with Crippen LogP contribution in [0.4, 0.5) is 23.2 Å². The summed E-state index contributed by atoms with van der Waals surface area (Å²) in [6.45, 7) is 3.34. The van der Waals surface area contributed by atoms with E-state index in [0.717, 1.165) is 5.56 Å². The fourth-order valence-corrected chi connectivity index (χ4v) is 4.38. The van der Waals surface area contributed by atoms with Crippen molar-refractivity contribution in [1.29, 1.82) is 0 Å². The zero-order valence-corrected chi connectivity index (χ0v) is 18.6. The third-order valence-electron chi connectivity index (χ3n) is 5.15. The summed E-state index contributed by atoms with van der Waals surface area (Å²) in [7, 11) is 0. The molecule has 1 heterocycles. The molecule has 1 amide bonds. The molecule has 0 atom stereocenters. The first kappa shape index (κ1) is 23.7. The van der Waals surface area contributed by atoms with Gasteiger partial charge in [0.2, 0.25) is 5.91 Å². The van der Waals surface area contributed by atoms with Gasteiger partial charge in [-0.25, -0.2) is 4.39 Å². The predicted octanol–water partition coefficient (Wildman–Crippen LogP) is 5.72. The van der Waals surface area contributed by atoms with Gasteiger partial charge >= 0.3 is 6.18 Å². The zero-order chi connectivity index (χ0) is 22.6. The highest BCUT2D eigenvalue weighted by atomic mass is 35.5. The van der Waals surface area contributed by atoms with Crippen LogP contribution in [0.3, 0.4) is 0 Å². The van der Waals surface area contributed by atoms with Crippen LogP contribution in [0.25, 0.3) is 0 Å². The van der Waals surface area contributed by atoms with E-state index in [0.29, 0.717) is 66.3 Å². The van der Waals surface area contributed by atoms with Crippen molar-refractivity contribution >= 4 is 35.0 Å². The average Bonchev–Trinajstić information content (AvgIpc) is 2.72. The summed E-state index contributed by atoms with van der Waals surface area (Å²) in [6.07, 6.45) is -3.30. The second kappa shape index (κ2) is 10.1. The molecule has 1 saturated heterocycles. The standard InChI is InChI=1S/C22H23ClF4N2OS/c1-15-12-18(24)19(13-20(15)31-14-22(25,26)27)28-8-10-29(11-9-28)21(30)7-4-16-2-5-17(23)6-3-16/h2-3,5-6,12-13H,4,7-11,14H2,1H3. The maximum Gasteiger partial charge on any atom is 0.398 e. The molecule has 2 aromatic carbocycles. The number of piperazine rings is 1. The molecular formula is C22H23ClF4N2OS. The number of carbonyl (C=O) groups excluding carboxylic acids is 1. The summed E-state index contributed by atoms with van der Waals surface area (Å²) in [5.74, 6) is -1.45. The Bertz CT molecular complexity index is 913. The van der Waals surface area contributed by atoms with Gasteiger partial charge in [0.25, 0.3) is 0 Å². The molecule has 0 radical (unpaired) electrons. The number of thioether (sulfide) groups is 1. The van der Waals surface area contributed by atoms with E-state index in [1.54, 1.807) is 28.9 Å². The first-order valence-electron chi connectivity index (χ1n) is 9.89. The Hall–Kier alpha value is -1.93. The van der Waals surface area contributed by atoms with Crippen molar-refractivity contribution in [2.45, 2.75) is 30.8 Å². The van der Waals surface area contributed by atoms with Crippen molar-refractivity contribution in [2.24, 2.45) is 0 Å². The fraction of sp³-hybridized carbons (Fsp3) is 0.409. The summed E-state index contributed by atoms with van der Waals surface area (Å²) in [6, 6.07) is 10.1. The van der Waals surface area contributed by atoms with Crippen LogP contribution in [-0.2, 0) is 11.2 Å². The Morgan fingerprint density at radius 3 is 2.35 bits per heavy atom. The van der Waals surface area contributed by atoms with E-state index in [4.69, 9.17) is 11.6 Å². The minimum Gasteiger partial charge on any atom is -0.366 e. The molecule has 1 aliphatic heterocycles. The zero-order valence-electron chi connectivity index (χ0n) is 17.0. The van der Waals surface area contributed by atoms with Crippen LogP contribution < -0.4 is 4.90 Å². The number of hydrogen-bond acceptors (Lipinski definition) is 3. The number of hydrogen-bond donors (Lipinski definition) is 0. The van der Waals surface area contributed by atoms with E-state index in [1.165, 1.54) is 12.1 Å². The second-order valence-electron chi connectivity index (χ2n) is 7.47. The first-order valence-corrected chi connectivity index (χ1v) is 11.3. The van der Waals surface area contributed by atoms with Gasteiger partial charge in [0.05, 0.1) is 11.4 Å². The second-order valence-corrected chi connectivity index (χ2v) is 8.92. The number of halogens is 5. The summed E-state index contributed by atoms with van der Waals surface area (Å²) >= 11 is 6.53. The third-order valence-corrected chi connectivity index (χ3v) is 6.62. The van der Waals surface area contributed by atoms with Gasteiger partial charge in [0, 0.05) is 42.5 Å². The van der Waals surface area contributed by atoms with Crippen LogP contribution in [0.5, 0.6) is 0 Å². The summed E-state index contributed by atoms with van der Waals surface area (Å²) in [5.41, 5.74) is 1.79. The quantitative estimate of drug-likeness (QED) is 0.395. The number of carbonyl (C=O) groups is 1. The lowest BCUT2D eigenvalue weighted by molar-refractivity contribution is -0.131. The molecule has 9 heteroatoms. The number of benzene rings is 2. The normalized spacial score (nSPS) is 14.8. The van der Waals surface area contributed by atoms with E-state index in [1.807, 2.05) is 12.1 Å². The van der Waals surface area contributed by atoms with Crippen LogP contribution in [0.15, 0.2) is 41.3 Å². The van der Waals surface area contributed by atoms with Crippen LogP contribution in [0, 0.1) is 12.7 Å². The molecule has 0 aromatic heterocycles. The molecule has 0 saturated carbocycles. The van der Waals surface area contributed by atoms with Gasteiger partial charge in [-0.05, 0) is 48.7 Å². The first-order chi connectivity index (χ1) is 14.6. The Balaban J connectivity index is 1.57. The number of alkyl halides is 3. The highest BCUT2D eigenvalue weighted by Gasteiger charge is 2.28. The van der Waals surface area contributed by atoms with Gasteiger partial charge < -0.3 is 9.80 Å². The molecule has 2 aromatic rings. The van der Waals surface area contributed by atoms with E-state index in [9.17, 15) is 22.4 Å². The van der Waals surface area contributed by atoms with Crippen molar-refractivity contribution in [3.63, 3.8) is 0 Å². The lowest BCUT2D eigenvalue weighted by atomic mass is 10.1. The molecular weight excluding hydrogens is 452 g/mol. The minimum atomic E-state index is -4.29. The molecule has 3 nitrogen and oxygen atoms in total. The van der Waals surface area contributed by atoms with Crippen LogP contribution >= 0.6 is 23.4 Å². The van der Waals surface area contributed by atoms with E-state index >= 15 is 0 Å². The molecule has 0 unspecified atom stereocenters. The number of anilines is 1. The van der Waals surface area contributed by atoms with Crippen LogP contribution in [-0.4, -0.2) is 48.9 Å². The molecule has 1 aliphatic rings. The maximum absolute atomic E-state index is 14.5. The molecule has 0 aliphatic carbocycles. The largest absolute Gasteiger partial charge is 0.398 e. The topological polar surface area (TPSA) is 23.6 Å². The highest BCUT2D eigenvalue weighted by molar-refractivity contribution is 7.99. The highest BCUT2D eigenvalue weighted by Crippen LogP contribution is 2.34. The summed E-state index contributed by atoms with van der Waals surface area (Å²) < 4.78 is 52.2. The SMILES string of the molecule is Cc1cc(F)c(N2CCN(C(=O)CCc3ccc(Cl)cc3)CC2)cc1SCC(F)(F)F. The van der Waals surface area contributed by atoms with Gasteiger partial charge in [-0.3, -0.25) is 4.79 Å². The third kappa shape index (κ3) is 6.77.